The van der Waals surface area contributed by atoms with Crippen molar-refractivity contribution in [2.45, 2.75) is 13.3 Å². The zero-order valence-corrected chi connectivity index (χ0v) is 16.4. The molecule has 4 rings (SSSR count). The number of halogens is 2. The number of nitrogens with zero attached hydrogens (tertiary/aromatic N) is 2. The molecular weight excluding hydrogens is 383 g/mol. The van der Waals surface area contributed by atoms with Crippen LogP contribution in [0.15, 0.2) is 18.7 Å². The maximum absolute atomic E-state index is 15.1. The van der Waals surface area contributed by atoms with Crippen LogP contribution in [0.3, 0.4) is 0 Å². The quantitative estimate of drug-likeness (QED) is 0.772. The predicted molar refractivity (Wildman–Crippen MR) is 107 cm³/mol. The first-order chi connectivity index (χ1) is 13.3. The topological polar surface area (TPSA) is 82.4 Å². The van der Waals surface area contributed by atoms with Crippen molar-refractivity contribution >= 4 is 40.0 Å². The molecule has 0 saturated carbocycles. The summed E-state index contributed by atoms with van der Waals surface area (Å²) in [5.74, 6) is -0.641. The molecule has 2 saturated heterocycles. The van der Waals surface area contributed by atoms with Crippen molar-refractivity contribution in [3.8, 4) is 0 Å². The Hall–Kier alpha value is -2.54. The van der Waals surface area contributed by atoms with Crippen molar-refractivity contribution in [1.82, 2.24) is 9.88 Å². The number of carbonyl (C=O) groups is 2. The molecule has 28 heavy (non-hydrogen) atoms. The number of H-pyrrole nitrogens is 1. The predicted octanol–water partition coefficient (Wildman–Crippen LogP) is 2.84. The van der Waals surface area contributed by atoms with Crippen LogP contribution in [0, 0.1) is 24.6 Å². The molecule has 3 N–H and O–H groups in total. The highest BCUT2D eigenvalue weighted by atomic mass is 35.5. The number of aryl methyl sites for hydroxylation is 1. The summed E-state index contributed by atoms with van der Waals surface area (Å²) in [6, 6.07) is 1.18. The van der Waals surface area contributed by atoms with Gasteiger partial charge in [-0.05, 0) is 37.3 Å². The highest BCUT2D eigenvalue weighted by molar-refractivity contribution is 6.38. The van der Waals surface area contributed by atoms with Crippen molar-refractivity contribution in [3.63, 3.8) is 0 Å². The van der Waals surface area contributed by atoms with Crippen LogP contribution < -0.4 is 10.6 Å². The number of carbonyl (C=O) groups excluding carboxylic acids is 2. The first-order valence-electron chi connectivity index (χ1n) is 9.28. The number of fused-ring (bicyclic) bond motifs is 2. The maximum Gasteiger partial charge on any atom is 0.250 e. The number of nitrogens with one attached hydrogen (secondary N) is 1. The molecule has 2 atom stereocenters. The highest BCUT2D eigenvalue weighted by Gasteiger charge is 2.39. The number of aromatic amines is 1. The molecule has 0 bridgehead atoms. The molecule has 0 radical (unpaired) electrons. The summed E-state index contributed by atoms with van der Waals surface area (Å²) < 4.78 is 15.1. The summed E-state index contributed by atoms with van der Waals surface area (Å²) in [4.78, 5) is 30.6. The summed E-state index contributed by atoms with van der Waals surface area (Å²) in [7, 11) is 0. The number of likely N-dealkylation sites (tertiary alicyclic amines) is 1. The lowest BCUT2D eigenvalue weighted by atomic mass is 9.88. The Balaban J connectivity index is 1.73. The minimum Gasteiger partial charge on any atom is -0.368 e. The van der Waals surface area contributed by atoms with Crippen molar-refractivity contribution < 1.29 is 14.0 Å². The van der Waals surface area contributed by atoms with Gasteiger partial charge in [0.05, 0.1) is 21.8 Å². The molecular formula is C20H22ClFN4O2. The van der Waals surface area contributed by atoms with E-state index in [2.05, 4.69) is 11.6 Å². The third-order valence-corrected chi connectivity index (χ3v) is 6.46. The van der Waals surface area contributed by atoms with Crippen LogP contribution in [0.1, 0.15) is 22.5 Å². The molecule has 148 valence electrons. The Kier molecular flexibility index (Phi) is 4.57. The smallest absolute Gasteiger partial charge is 0.250 e. The summed E-state index contributed by atoms with van der Waals surface area (Å²) >= 11 is 6.47. The van der Waals surface area contributed by atoms with Gasteiger partial charge in [-0.25, -0.2) is 4.39 Å². The van der Waals surface area contributed by atoms with Gasteiger partial charge in [-0.15, -0.1) is 0 Å². The summed E-state index contributed by atoms with van der Waals surface area (Å²) in [5.41, 5.74) is 7.03. The van der Waals surface area contributed by atoms with Gasteiger partial charge < -0.3 is 20.5 Å². The van der Waals surface area contributed by atoms with Gasteiger partial charge in [-0.3, -0.25) is 9.59 Å². The van der Waals surface area contributed by atoms with E-state index < -0.39 is 11.7 Å². The average Bonchev–Trinajstić information content (AvgIpc) is 3.22. The molecule has 2 aliphatic rings. The fourth-order valence-electron chi connectivity index (χ4n) is 4.60. The number of piperidine rings is 1. The second kappa shape index (κ2) is 6.81. The monoisotopic (exact) mass is 404 g/mol. The third-order valence-electron chi connectivity index (χ3n) is 5.98. The van der Waals surface area contributed by atoms with E-state index in [0.29, 0.717) is 59.4 Å². The minimum atomic E-state index is -0.707. The van der Waals surface area contributed by atoms with E-state index in [1.807, 2.05) is 4.90 Å². The van der Waals surface area contributed by atoms with Crippen molar-refractivity contribution in [2.75, 3.05) is 31.1 Å². The van der Waals surface area contributed by atoms with E-state index in [0.717, 1.165) is 6.42 Å². The van der Waals surface area contributed by atoms with E-state index in [-0.39, 0.29) is 17.4 Å². The molecule has 2 aliphatic heterocycles. The lowest BCUT2D eigenvalue weighted by Crippen LogP contribution is -2.40. The molecule has 8 heteroatoms. The van der Waals surface area contributed by atoms with E-state index in [1.54, 1.807) is 11.8 Å². The van der Waals surface area contributed by atoms with Gasteiger partial charge in [0, 0.05) is 37.3 Å². The van der Waals surface area contributed by atoms with Crippen LogP contribution in [0.2, 0.25) is 5.02 Å². The number of hydrogen-bond acceptors (Lipinski definition) is 3. The SMILES string of the molecule is C=CC(=O)N1C[C@H]2CCN(c3c(F)cc(C(N)=O)c4[nH]c(C)c(Cl)c34)C[C@@H]2C1. The van der Waals surface area contributed by atoms with E-state index >= 15 is 4.39 Å². The number of anilines is 1. The Morgan fingerprint density at radius 2 is 2.07 bits per heavy atom. The highest BCUT2D eigenvalue weighted by Crippen LogP contribution is 2.42. The first kappa shape index (κ1) is 18.8. The van der Waals surface area contributed by atoms with Crippen LogP contribution in [0.5, 0.6) is 0 Å². The van der Waals surface area contributed by atoms with Gasteiger partial charge in [-0.2, -0.15) is 0 Å². The zero-order chi connectivity index (χ0) is 20.2. The van der Waals surface area contributed by atoms with Gasteiger partial charge in [-0.1, -0.05) is 18.2 Å². The molecule has 1 aromatic heterocycles. The largest absolute Gasteiger partial charge is 0.368 e. The molecule has 6 nitrogen and oxygen atoms in total. The van der Waals surface area contributed by atoms with Crippen molar-refractivity contribution in [2.24, 2.45) is 17.6 Å². The van der Waals surface area contributed by atoms with E-state index in [1.165, 1.54) is 12.1 Å². The molecule has 2 aromatic rings. The average molecular weight is 405 g/mol. The maximum atomic E-state index is 15.1. The lowest BCUT2D eigenvalue weighted by Gasteiger charge is -2.36. The van der Waals surface area contributed by atoms with Gasteiger partial charge in [0.25, 0.3) is 5.91 Å². The van der Waals surface area contributed by atoms with Gasteiger partial charge in [0.1, 0.15) is 5.82 Å². The number of primary amides is 1. The first-order valence-corrected chi connectivity index (χ1v) is 9.66. The van der Waals surface area contributed by atoms with Crippen LogP contribution in [-0.2, 0) is 4.79 Å². The fraction of sp³-hybridized carbons (Fsp3) is 0.400. The van der Waals surface area contributed by atoms with Crippen LogP contribution in [0.4, 0.5) is 10.1 Å². The van der Waals surface area contributed by atoms with E-state index in [9.17, 15) is 9.59 Å². The number of amides is 2. The summed E-state index contributed by atoms with van der Waals surface area (Å²) in [6.07, 6.45) is 2.19. The normalized spacial score (nSPS) is 21.8. The summed E-state index contributed by atoms with van der Waals surface area (Å²) in [6.45, 7) is 7.95. The number of rotatable bonds is 3. The molecule has 2 fully saturated rings. The fourth-order valence-corrected chi connectivity index (χ4v) is 4.83. The van der Waals surface area contributed by atoms with Gasteiger partial charge in [0.2, 0.25) is 5.91 Å². The van der Waals surface area contributed by atoms with Crippen LogP contribution in [0.25, 0.3) is 10.9 Å². The van der Waals surface area contributed by atoms with Crippen molar-refractivity contribution in [3.05, 3.63) is 40.8 Å². The van der Waals surface area contributed by atoms with Crippen LogP contribution >= 0.6 is 11.6 Å². The van der Waals surface area contributed by atoms with Gasteiger partial charge >= 0.3 is 0 Å². The summed E-state index contributed by atoms with van der Waals surface area (Å²) in [5, 5.41) is 0.882. The number of hydrogen-bond donors (Lipinski definition) is 2. The molecule has 0 aliphatic carbocycles. The van der Waals surface area contributed by atoms with Crippen molar-refractivity contribution in [1.29, 1.82) is 0 Å². The Labute approximate surface area is 167 Å². The van der Waals surface area contributed by atoms with Gasteiger partial charge in [0.15, 0.2) is 0 Å². The second-order valence-electron chi connectivity index (χ2n) is 7.63. The lowest BCUT2D eigenvalue weighted by molar-refractivity contribution is -0.125. The second-order valence-corrected chi connectivity index (χ2v) is 8.01. The Morgan fingerprint density at radius 3 is 2.75 bits per heavy atom. The minimum absolute atomic E-state index is 0.0652. The number of aromatic nitrogens is 1. The standard InChI is InChI=1S/C20H22ClFN4O2/c1-3-15(27)26-7-11-4-5-25(8-12(11)9-26)19-14(22)6-13(20(23)28)18-16(19)17(21)10(2)24-18/h3,6,11-12,24H,1,4-5,7-9H2,2H3,(H2,23,28)/t11-,12-/m1/s1. The Morgan fingerprint density at radius 1 is 1.36 bits per heavy atom. The Bertz CT molecular complexity index is 1000. The van der Waals surface area contributed by atoms with Crippen LogP contribution in [-0.4, -0.2) is 47.9 Å². The third kappa shape index (κ3) is 2.85. The molecule has 3 heterocycles. The molecule has 2 amide bonds. The molecule has 0 unspecified atom stereocenters. The number of benzene rings is 1. The zero-order valence-electron chi connectivity index (χ0n) is 15.6. The van der Waals surface area contributed by atoms with E-state index in [4.69, 9.17) is 17.3 Å². The molecule has 1 aromatic carbocycles. The molecule has 0 spiro atoms. The number of nitrogens with two attached hydrogens (primary N) is 1.